The van der Waals surface area contributed by atoms with Gasteiger partial charge in [0.05, 0.1) is 159 Å². The molecule has 14 nitrogen and oxygen atoms in total. The van der Waals surface area contributed by atoms with Gasteiger partial charge < -0.3 is 56.8 Å². The Morgan fingerprint density at radius 3 is 0.600 bits per heavy atom. The Kier molecular flexibility index (Phi) is 32.5. The highest BCUT2D eigenvalue weighted by Gasteiger charge is 2.00. The second-order valence-corrected chi connectivity index (χ2v) is 7.78. The van der Waals surface area contributed by atoms with Crippen LogP contribution in [0.4, 0.5) is 0 Å². The molecule has 0 spiro atoms. The quantitative estimate of drug-likeness (QED) is 0.0766. The van der Waals surface area contributed by atoms with Crippen molar-refractivity contribution < 1.29 is 66.4 Å². The first-order valence-corrected chi connectivity index (χ1v) is 13.6. The first-order valence-electron chi connectivity index (χ1n) is 13.6. The lowest BCUT2D eigenvalue weighted by atomic mass is 10.5. The van der Waals surface area contributed by atoms with Gasteiger partial charge in [0, 0.05) is 0 Å². The predicted molar refractivity (Wildman–Crippen MR) is 141 cm³/mol. The molecule has 0 aromatic carbocycles. The minimum atomic E-state index is -0.289. The average molecular weight is 587 g/mol. The van der Waals surface area contributed by atoms with E-state index in [1.165, 1.54) is 14.2 Å². The number of esters is 2. The fourth-order valence-corrected chi connectivity index (χ4v) is 2.60. The summed E-state index contributed by atoms with van der Waals surface area (Å²) in [6, 6.07) is 0. The Morgan fingerprint density at radius 1 is 0.300 bits per heavy atom. The smallest absolute Gasteiger partial charge is 0.307 e. The molecule has 0 radical (unpaired) electrons. The lowest BCUT2D eigenvalue weighted by molar-refractivity contribution is -0.142. The monoisotopic (exact) mass is 586 g/mol. The van der Waals surface area contributed by atoms with Gasteiger partial charge >= 0.3 is 11.9 Å². The molecular formula is C26H50O14. The number of methoxy groups -OCH3 is 2. The van der Waals surface area contributed by atoms with Crippen molar-refractivity contribution in [3.8, 4) is 0 Å². The number of ether oxygens (including phenoxy) is 12. The molecule has 0 N–H and O–H groups in total. The molecule has 0 aliphatic carbocycles. The Bertz CT molecular complexity index is 492. The van der Waals surface area contributed by atoms with Gasteiger partial charge in [-0.15, -0.1) is 0 Å². The van der Waals surface area contributed by atoms with Gasteiger partial charge in [-0.25, -0.2) is 0 Å². The zero-order valence-corrected chi connectivity index (χ0v) is 24.3. The first kappa shape index (κ1) is 38.5. The van der Waals surface area contributed by atoms with Crippen LogP contribution in [-0.4, -0.2) is 158 Å². The number of hydrogen-bond donors (Lipinski definition) is 0. The molecule has 0 rings (SSSR count). The van der Waals surface area contributed by atoms with E-state index in [0.717, 1.165) is 0 Å². The van der Waals surface area contributed by atoms with Gasteiger partial charge in [-0.3, -0.25) is 9.59 Å². The molecule has 0 saturated heterocycles. The summed E-state index contributed by atoms with van der Waals surface area (Å²) in [5.41, 5.74) is 0. The van der Waals surface area contributed by atoms with Crippen LogP contribution < -0.4 is 0 Å². The summed E-state index contributed by atoms with van der Waals surface area (Å²) in [5, 5.41) is 0. The van der Waals surface area contributed by atoms with Crippen molar-refractivity contribution in [2.45, 2.75) is 12.8 Å². The Hall–Kier alpha value is -1.46. The third-order valence-corrected chi connectivity index (χ3v) is 4.70. The second-order valence-electron chi connectivity index (χ2n) is 7.78. The standard InChI is InChI=1S/C26H50O14/c1-29-25(27)3-5-31-7-9-33-11-13-35-15-17-37-19-21-39-23-24-40-22-20-38-18-16-36-14-12-34-10-8-32-6-4-26(28)30-2/h3-24H2,1-2H3. The van der Waals surface area contributed by atoms with Crippen LogP contribution in [0, 0.1) is 0 Å². The van der Waals surface area contributed by atoms with Crippen LogP contribution in [0.15, 0.2) is 0 Å². The summed E-state index contributed by atoms with van der Waals surface area (Å²) in [5.74, 6) is -0.577. The van der Waals surface area contributed by atoms with E-state index in [-0.39, 0.29) is 24.8 Å². The van der Waals surface area contributed by atoms with E-state index in [4.69, 9.17) is 47.4 Å². The summed E-state index contributed by atoms with van der Waals surface area (Å²) in [4.78, 5) is 21.8. The van der Waals surface area contributed by atoms with E-state index in [9.17, 15) is 9.59 Å². The molecule has 238 valence electrons. The topological polar surface area (TPSA) is 145 Å². The summed E-state index contributed by atoms with van der Waals surface area (Å²) < 4.78 is 62.8. The largest absolute Gasteiger partial charge is 0.469 e. The van der Waals surface area contributed by atoms with Crippen molar-refractivity contribution in [3.05, 3.63) is 0 Å². The molecule has 0 aromatic heterocycles. The molecule has 0 aliphatic heterocycles. The lowest BCUT2D eigenvalue weighted by Gasteiger charge is -2.09. The molecule has 0 amide bonds. The van der Waals surface area contributed by atoms with Crippen LogP contribution >= 0.6 is 0 Å². The van der Waals surface area contributed by atoms with Crippen LogP contribution in [0.2, 0.25) is 0 Å². The van der Waals surface area contributed by atoms with Crippen LogP contribution in [0.5, 0.6) is 0 Å². The molecular weight excluding hydrogens is 536 g/mol. The number of rotatable bonds is 33. The SMILES string of the molecule is COC(=O)CCOCCOCCOCCOCCOCCOCCOCCOCCOCCOCCC(=O)OC. The maximum absolute atomic E-state index is 10.9. The summed E-state index contributed by atoms with van der Waals surface area (Å²) in [6.07, 6.45) is 0.485. The van der Waals surface area contributed by atoms with Crippen molar-refractivity contribution in [1.29, 1.82) is 0 Å². The Labute approximate surface area is 238 Å². The fourth-order valence-electron chi connectivity index (χ4n) is 2.60. The molecule has 0 fully saturated rings. The van der Waals surface area contributed by atoms with Crippen LogP contribution in [0.25, 0.3) is 0 Å². The number of hydrogen-bond acceptors (Lipinski definition) is 14. The van der Waals surface area contributed by atoms with Crippen molar-refractivity contribution in [1.82, 2.24) is 0 Å². The highest BCUT2D eigenvalue weighted by molar-refractivity contribution is 5.69. The van der Waals surface area contributed by atoms with E-state index in [0.29, 0.717) is 132 Å². The van der Waals surface area contributed by atoms with E-state index in [1.807, 2.05) is 0 Å². The minimum absolute atomic E-state index is 0.242. The molecule has 0 saturated carbocycles. The Morgan fingerprint density at radius 2 is 0.450 bits per heavy atom. The van der Waals surface area contributed by atoms with Crippen LogP contribution in [-0.2, 0) is 66.4 Å². The van der Waals surface area contributed by atoms with E-state index in [2.05, 4.69) is 9.47 Å². The van der Waals surface area contributed by atoms with Crippen molar-refractivity contribution in [2.75, 3.05) is 146 Å². The van der Waals surface area contributed by atoms with Crippen molar-refractivity contribution in [2.24, 2.45) is 0 Å². The van der Waals surface area contributed by atoms with Crippen molar-refractivity contribution >= 4 is 11.9 Å². The maximum Gasteiger partial charge on any atom is 0.307 e. The predicted octanol–water partition coefficient (Wildman–Crippen LogP) is 0.279. The van der Waals surface area contributed by atoms with Gasteiger partial charge in [-0.2, -0.15) is 0 Å². The van der Waals surface area contributed by atoms with Gasteiger partial charge in [-0.1, -0.05) is 0 Å². The van der Waals surface area contributed by atoms with Crippen molar-refractivity contribution in [3.63, 3.8) is 0 Å². The van der Waals surface area contributed by atoms with Gasteiger partial charge in [0.15, 0.2) is 0 Å². The fraction of sp³-hybridized carbons (Fsp3) is 0.923. The average Bonchev–Trinajstić information content (AvgIpc) is 2.97. The van der Waals surface area contributed by atoms with Gasteiger partial charge in [0.25, 0.3) is 0 Å². The van der Waals surface area contributed by atoms with E-state index in [1.54, 1.807) is 0 Å². The molecule has 0 atom stereocenters. The third-order valence-electron chi connectivity index (χ3n) is 4.70. The summed E-state index contributed by atoms with van der Waals surface area (Å²) in [7, 11) is 2.70. The zero-order chi connectivity index (χ0) is 29.2. The molecule has 0 aromatic rings. The third kappa shape index (κ3) is 32.8. The van der Waals surface area contributed by atoms with Crippen LogP contribution in [0.3, 0.4) is 0 Å². The van der Waals surface area contributed by atoms with Crippen LogP contribution in [0.1, 0.15) is 12.8 Å². The molecule has 14 heteroatoms. The minimum Gasteiger partial charge on any atom is -0.469 e. The molecule has 0 unspecified atom stereocenters. The molecule has 0 bridgehead atoms. The normalized spacial score (nSPS) is 11.2. The molecule has 40 heavy (non-hydrogen) atoms. The number of carbonyl (C=O) groups is 2. The lowest BCUT2D eigenvalue weighted by Crippen LogP contribution is -2.15. The number of carbonyl (C=O) groups excluding carboxylic acids is 2. The maximum atomic E-state index is 10.9. The summed E-state index contributed by atoms with van der Waals surface area (Å²) >= 11 is 0. The highest BCUT2D eigenvalue weighted by Crippen LogP contribution is 1.89. The molecule has 0 aliphatic rings. The van der Waals surface area contributed by atoms with Gasteiger partial charge in [0.2, 0.25) is 0 Å². The second kappa shape index (κ2) is 33.7. The Balaban J connectivity index is 3.06. The van der Waals surface area contributed by atoms with E-state index < -0.39 is 0 Å². The highest BCUT2D eigenvalue weighted by atomic mass is 16.6. The van der Waals surface area contributed by atoms with E-state index >= 15 is 0 Å². The molecule has 0 heterocycles. The zero-order valence-electron chi connectivity index (χ0n) is 24.3. The van der Waals surface area contributed by atoms with Gasteiger partial charge in [-0.05, 0) is 0 Å². The summed E-state index contributed by atoms with van der Waals surface area (Å²) in [6.45, 7) is 9.15. The van der Waals surface area contributed by atoms with Gasteiger partial charge in [0.1, 0.15) is 0 Å². The first-order chi connectivity index (χ1) is 19.7.